The predicted molar refractivity (Wildman–Crippen MR) is 67.2 cm³/mol. The second-order valence-corrected chi connectivity index (χ2v) is 4.08. The van der Waals surface area contributed by atoms with Gasteiger partial charge in [-0.3, -0.25) is 0 Å². The third-order valence-corrected chi connectivity index (χ3v) is 2.87. The van der Waals surface area contributed by atoms with E-state index in [-0.39, 0.29) is 6.03 Å². The van der Waals surface area contributed by atoms with Gasteiger partial charge in [0.1, 0.15) is 5.75 Å². The Kier molecular flexibility index (Phi) is 3.37. The molecule has 92 valence electrons. The van der Waals surface area contributed by atoms with Crippen LogP contribution in [0.3, 0.4) is 0 Å². The molecule has 1 aliphatic heterocycles. The zero-order chi connectivity index (χ0) is 12.3. The summed E-state index contributed by atoms with van der Waals surface area (Å²) < 4.78 is 5.06. The molecular formula is C12H17N3O2. The van der Waals surface area contributed by atoms with E-state index >= 15 is 0 Å². The number of hydrogen-bond donors (Lipinski definition) is 2. The van der Waals surface area contributed by atoms with Crippen LogP contribution in [-0.4, -0.2) is 31.1 Å². The highest BCUT2D eigenvalue weighted by molar-refractivity contribution is 5.90. The van der Waals surface area contributed by atoms with Gasteiger partial charge in [0.15, 0.2) is 0 Å². The van der Waals surface area contributed by atoms with Gasteiger partial charge in [-0.1, -0.05) is 0 Å². The van der Waals surface area contributed by atoms with Gasteiger partial charge < -0.3 is 20.7 Å². The SMILES string of the molecule is COc1ccc(NC(=O)N2CCCC2)cc1N. The zero-order valence-corrected chi connectivity index (χ0v) is 9.90. The van der Waals surface area contributed by atoms with E-state index in [2.05, 4.69) is 5.32 Å². The second-order valence-electron chi connectivity index (χ2n) is 4.08. The highest BCUT2D eigenvalue weighted by Gasteiger charge is 2.17. The molecule has 0 unspecified atom stereocenters. The molecule has 1 heterocycles. The van der Waals surface area contributed by atoms with Crippen LogP contribution in [0.25, 0.3) is 0 Å². The van der Waals surface area contributed by atoms with E-state index in [4.69, 9.17) is 10.5 Å². The van der Waals surface area contributed by atoms with E-state index in [0.717, 1.165) is 25.9 Å². The molecule has 5 heteroatoms. The van der Waals surface area contributed by atoms with Crippen LogP contribution in [0, 0.1) is 0 Å². The third-order valence-electron chi connectivity index (χ3n) is 2.87. The van der Waals surface area contributed by atoms with Gasteiger partial charge in [-0.25, -0.2) is 4.79 Å². The van der Waals surface area contributed by atoms with E-state index in [1.54, 1.807) is 30.2 Å². The molecule has 0 atom stereocenters. The summed E-state index contributed by atoms with van der Waals surface area (Å²) in [6.07, 6.45) is 2.16. The molecule has 0 aliphatic carbocycles. The normalized spacial score (nSPS) is 14.8. The van der Waals surface area contributed by atoms with Crippen LogP contribution < -0.4 is 15.8 Å². The number of carbonyl (C=O) groups excluding carboxylic acids is 1. The van der Waals surface area contributed by atoms with Crippen LogP contribution in [-0.2, 0) is 0 Å². The molecule has 0 radical (unpaired) electrons. The second kappa shape index (κ2) is 4.95. The first-order valence-corrected chi connectivity index (χ1v) is 5.70. The highest BCUT2D eigenvalue weighted by atomic mass is 16.5. The highest BCUT2D eigenvalue weighted by Crippen LogP contribution is 2.24. The Morgan fingerprint density at radius 1 is 1.41 bits per heavy atom. The first-order valence-electron chi connectivity index (χ1n) is 5.70. The van der Waals surface area contributed by atoms with Gasteiger partial charge in [-0.2, -0.15) is 0 Å². The predicted octanol–water partition coefficient (Wildman–Crippen LogP) is 1.91. The molecule has 2 rings (SSSR count). The number of ether oxygens (including phenoxy) is 1. The Bertz CT molecular complexity index is 414. The van der Waals surface area contributed by atoms with Gasteiger partial charge >= 0.3 is 6.03 Å². The summed E-state index contributed by atoms with van der Waals surface area (Å²) in [6, 6.07) is 5.16. The molecule has 0 aromatic heterocycles. The molecule has 1 aliphatic rings. The Balaban J connectivity index is 2.03. The maximum atomic E-state index is 11.8. The number of nitrogen functional groups attached to an aromatic ring is 1. The van der Waals surface area contributed by atoms with E-state index < -0.39 is 0 Å². The first kappa shape index (κ1) is 11.6. The van der Waals surface area contributed by atoms with E-state index in [1.807, 2.05) is 0 Å². The summed E-state index contributed by atoms with van der Waals surface area (Å²) in [5, 5.41) is 2.83. The van der Waals surface area contributed by atoms with Crippen molar-refractivity contribution in [2.24, 2.45) is 0 Å². The smallest absolute Gasteiger partial charge is 0.321 e. The average molecular weight is 235 g/mol. The fraction of sp³-hybridized carbons (Fsp3) is 0.417. The quantitative estimate of drug-likeness (QED) is 0.769. The van der Waals surface area contributed by atoms with Crippen LogP contribution in [0.1, 0.15) is 12.8 Å². The number of anilines is 2. The number of nitrogens with one attached hydrogen (secondary N) is 1. The molecule has 1 aromatic rings. The third kappa shape index (κ3) is 2.61. The lowest BCUT2D eigenvalue weighted by Crippen LogP contribution is -2.32. The van der Waals surface area contributed by atoms with Crippen LogP contribution >= 0.6 is 0 Å². The lowest BCUT2D eigenvalue weighted by atomic mass is 10.2. The van der Waals surface area contributed by atoms with Gasteiger partial charge in [0.25, 0.3) is 0 Å². The molecule has 1 saturated heterocycles. The van der Waals surface area contributed by atoms with Gasteiger partial charge in [0, 0.05) is 18.8 Å². The molecule has 3 N–H and O–H groups in total. The minimum Gasteiger partial charge on any atom is -0.495 e. The average Bonchev–Trinajstić information content (AvgIpc) is 2.82. The molecule has 0 bridgehead atoms. The number of benzene rings is 1. The summed E-state index contributed by atoms with van der Waals surface area (Å²) >= 11 is 0. The minimum atomic E-state index is -0.0629. The van der Waals surface area contributed by atoms with Crippen molar-refractivity contribution < 1.29 is 9.53 Å². The Hall–Kier alpha value is -1.91. The van der Waals surface area contributed by atoms with Gasteiger partial charge in [0.05, 0.1) is 12.8 Å². The summed E-state index contributed by atoms with van der Waals surface area (Å²) in [5.74, 6) is 0.615. The summed E-state index contributed by atoms with van der Waals surface area (Å²) in [4.78, 5) is 13.6. The van der Waals surface area contributed by atoms with Crippen LogP contribution in [0.4, 0.5) is 16.2 Å². The van der Waals surface area contributed by atoms with Crippen molar-refractivity contribution in [3.8, 4) is 5.75 Å². The summed E-state index contributed by atoms with van der Waals surface area (Å²) in [5.41, 5.74) is 6.99. The number of nitrogens with two attached hydrogens (primary N) is 1. The Labute approximate surface area is 101 Å². The first-order chi connectivity index (χ1) is 8.20. The molecule has 5 nitrogen and oxygen atoms in total. The van der Waals surface area contributed by atoms with Gasteiger partial charge in [-0.05, 0) is 31.0 Å². The molecule has 1 fully saturated rings. The molecule has 1 aromatic carbocycles. The fourth-order valence-corrected chi connectivity index (χ4v) is 1.93. The summed E-state index contributed by atoms with van der Waals surface area (Å²) in [6.45, 7) is 1.66. The topological polar surface area (TPSA) is 67.6 Å². The minimum absolute atomic E-state index is 0.0629. The van der Waals surface area contributed by atoms with Crippen molar-refractivity contribution in [3.05, 3.63) is 18.2 Å². The fourth-order valence-electron chi connectivity index (χ4n) is 1.93. The van der Waals surface area contributed by atoms with Crippen LogP contribution in [0.2, 0.25) is 0 Å². The number of methoxy groups -OCH3 is 1. The zero-order valence-electron chi connectivity index (χ0n) is 9.90. The summed E-state index contributed by atoms with van der Waals surface area (Å²) in [7, 11) is 1.56. The molecule has 0 saturated carbocycles. The molecule has 0 spiro atoms. The number of nitrogens with zero attached hydrogens (tertiary/aromatic N) is 1. The number of rotatable bonds is 2. The maximum absolute atomic E-state index is 11.8. The lowest BCUT2D eigenvalue weighted by molar-refractivity contribution is 0.222. The number of likely N-dealkylation sites (tertiary alicyclic amines) is 1. The largest absolute Gasteiger partial charge is 0.495 e. The van der Waals surface area contributed by atoms with Crippen molar-refractivity contribution in [2.75, 3.05) is 31.2 Å². The van der Waals surface area contributed by atoms with Crippen molar-refractivity contribution in [1.82, 2.24) is 4.90 Å². The van der Waals surface area contributed by atoms with Crippen molar-refractivity contribution in [3.63, 3.8) is 0 Å². The number of amides is 2. The Morgan fingerprint density at radius 3 is 2.71 bits per heavy atom. The standard InChI is InChI=1S/C12H17N3O2/c1-17-11-5-4-9(8-10(11)13)14-12(16)15-6-2-3-7-15/h4-5,8H,2-3,6-7,13H2,1H3,(H,14,16). The Morgan fingerprint density at radius 2 is 2.12 bits per heavy atom. The van der Waals surface area contributed by atoms with Crippen molar-refractivity contribution in [1.29, 1.82) is 0 Å². The van der Waals surface area contributed by atoms with Crippen LogP contribution in [0.15, 0.2) is 18.2 Å². The molecule has 17 heavy (non-hydrogen) atoms. The van der Waals surface area contributed by atoms with Gasteiger partial charge in [-0.15, -0.1) is 0 Å². The maximum Gasteiger partial charge on any atom is 0.321 e. The molecule has 2 amide bonds. The van der Waals surface area contributed by atoms with Crippen molar-refractivity contribution in [2.45, 2.75) is 12.8 Å². The lowest BCUT2D eigenvalue weighted by Gasteiger charge is -2.16. The number of hydrogen-bond acceptors (Lipinski definition) is 3. The van der Waals surface area contributed by atoms with E-state index in [1.165, 1.54) is 0 Å². The van der Waals surface area contributed by atoms with Crippen molar-refractivity contribution >= 4 is 17.4 Å². The van der Waals surface area contributed by atoms with E-state index in [9.17, 15) is 4.79 Å². The van der Waals surface area contributed by atoms with Gasteiger partial charge in [0.2, 0.25) is 0 Å². The van der Waals surface area contributed by atoms with E-state index in [0.29, 0.717) is 17.1 Å². The monoisotopic (exact) mass is 235 g/mol. The number of carbonyl (C=O) groups is 1. The number of urea groups is 1. The van der Waals surface area contributed by atoms with Crippen LogP contribution in [0.5, 0.6) is 5.75 Å². The molecular weight excluding hydrogens is 218 g/mol.